The van der Waals surface area contributed by atoms with Crippen LogP contribution in [-0.2, 0) is 23.7 Å². The van der Waals surface area contributed by atoms with Gasteiger partial charge in [-0.2, -0.15) is 0 Å². The maximum atomic E-state index is 12.2. The van der Waals surface area contributed by atoms with Crippen LogP contribution in [0.4, 0.5) is 5.69 Å². The third-order valence-electron chi connectivity index (χ3n) is 4.55. The summed E-state index contributed by atoms with van der Waals surface area (Å²) in [4.78, 5) is 49.7. The minimum Gasteiger partial charge on any atom is -0.482 e. The van der Waals surface area contributed by atoms with Gasteiger partial charge in [-0.1, -0.05) is 11.6 Å². The fraction of sp³-hybridized carbons (Fsp3) is 0.333. The molecule has 10 heteroatoms. The van der Waals surface area contributed by atoms with Crippen LogP contribution in [0.1, 0.15) is 19.4 Å². The van der Waals surface area contributed by atoms with Crippen molar-refractivity contribution >= 4 is 35.2 Å². The van der Waals surface area contributed by atoms with Gasteiger partial charge < -0.3 is 19.5 Å². The van der Waals surface area contributed by atoms with Gasteiger partial charge in [0.15, 0.2) is 6.61 Å². The highest BCUT2D eigenvalue weighted by molar-refractivity contribution is 6.32. The van der Waals surface area contributed by atoms with Crippen molar-refractivity contribution in [1.29, 1.82) is 0 Å². The Morgan fingerprint density at radius 1 is 1.19 bits per heavy atom. The standard InChI is InChI=1S/C21H25ClN4O5/c1-5-26(6-2)19(28)13-31-17-9-8-15(11-16(17)22)23-18(27)10-7-14-12-24(3)21(30)25(4)20(14)29/h7-12H,5-6,13H2,1-4H3,(H,23,27)/b10-7+. The number of rotatable bonds is 8. The molecule has 0 spiro atoms. The Balaban J connectivity index is 2.04. The van der Waals surface area contributed by atoms with Crippen molar-refractivity contribution in [3.8, 4) is 5.75 Å². The lowest BCUT2D eigenvalue weighted by Crippen LogP contribution is -2.37. The predicted octanol–water partition coefficient (Wildman–Crippen LogP) is 1.64. The van der Waals surface area contributed by atoms with Crippen molar-refractivity contribution in [2.24, 2.45) is 14.1 Å². The summed E-state index contributed by atoms with van der Waals surface area (Å²) >= 11 is 6.19. The summed E-state index contributed by atoms with van der Waals surface area (Å²) in [6.07, 6.45) is 3.87. The van der Waals surface area contributed by atoms with Gasteiger partial charge in [-0.15, -0.1) is 0 Å². The Kier molecular flexibility index (Phi) is 8.21. The first-order valence-electron chi connectivity index (χ1n) is 9.63. The van der Waals surface area contributed by atoms with Crippen molar-refractivity contribution < 1.29 is 14.3 Å². The van der Waals surface area contributed by atoms with E-state index in [0.29, 0.717) is 24.5 Å². The molecule has 0 aliphatic carbocycles. The van der Waals surface area contributed by atoms with Gasteiger partial charge in [-0.05, 0) is 38.1 Å². The number of hydrogen-bond acceptors (Lipinski definition) is 5. The number of hydrogen-bond donors (Lipinski definition) is 1. The second-order valence-corrected chi connectivity index (χ2v) is 7.07. The topological polar surface area (TPSA) is 103 Å². The van der Waals surface area contributed by atoms with Gasteiger partial charge >= 0.3 is 5.69 Å². The van der Waals surface area contributed by atoms with Crippen LogP contribution in [0.15, 0.2) is 40.1 Å². The van der Waals surface area contributed by atoms with E-state index in [9.17, 15) is 19.2 Å². The van der Waals surface area contributed by atoms with E-state index in [0.717, 1.165) is 4.57 Å². The van der Waals surface area contributed by atoms with E-state index < -0.39 is 17.2 Å². The molecule has 0 bridgehead atoms. The number of aromatic nitrogens is 2. The zero-order valence-corrected chi connectivity index (χ0v) is 18.6. The summed E-state index contributed by atoms with van der Waals surface area (Å²) in [6, 6.07) is 4.63. The van der Waals surface area contributed by atoms with Crippen LogP contribution >= 0.6 is 11.6 Å². The van der Waals surface area contributed by atoms with Crippen molar-refractivity contribution in [3.05, 3.63) is 61.9 Å². The monoisotopic (exact) mass is 448 g/mol. The first kappa shape index (κ1) is 23.9. The first-order valence-corrected chi connectivity index (χ1v) is 10.0. The highest BCUT2D eigenvalue weighted by atomic mass is 35.5. The number of halogens is 1. The average molecular weight is 449 g/mol. The molecule has 0 atom stereocenters. The number of nitrogens with zero attached hydrogens (tertiary/aromatic N) is 3. The highest BCUT2D eigenvalue weighted by Crippen LogP contribution is 2.27. The summed E-state index contributed by atoms with van der Waals surface area (Å²) in [5, 5.41) is 2.86. The van der Waals surface area contributed by atoms with Gasteiger partial charge in [0, 0.05) is 45.1 Å². The fourth-order valence-electron chi connectivity index (χ4n) is 2.80. The first-order chi connectivity index (χ1) is 14.7. The van der Waals surface area contributed by atoms with E-state index in [2.05, 4.69) is 5.32 Å². The van der Waals surface area contributed by atoms with Crippen LogP contribution in [0.3, 0.4) is 0 Å². The molecule has 1 aromatic heterocycles. The highest BCUT2D eigenvalue weighted by Gasteiger charge is 2.12. The van der Waals surface area contributed by atoms with E-state index in [1.165, 1.54) is 43.1 Å². The molecule has 1 N–H and O–H groups in total. The minimum atomic E-state index is -0.504. The summed E-state index contributed by atoms with van der Waals surface area (Å²) < 4.78 is 7.69. The maximum Gasteiger partial charge on any atom is 0.330 e. The largest absolute Gasteiger partial charge is 0.482 e. The van der Waals surface area contributed by atoms with Gasteiger partial charge in [0.1, 0.15) is 5.75 Å². The number of aryl methyl sites for hydroxylation is 1. The molecule has 2 amide bonds. The fourth-order valence-corrected chi connectivity index (χ4v) is 3.04. The molecule has 9 nitrogen and oxygen atoms in total. The zero-order chi connectivity index (χ0) is 23.1. The lowest BCUT2D eigenvalue weighted by atomic mass is 10.2. The van der Waals surface area contributed by atoms with Gasteiger partial charge in [0.2, 0.25) is 5.91 Å². The number of ether oxygens (including phenoxy) is 1. The van der Waals surface area contributed by atoms with E-state index >= 15 is 0 Å². The van der Waals surface area contributed by atoms with Crippen molar-refractivity contribution in [1.82, 2.24) is 14.0 Å². The Morgan fingerprint density at radius 3 is 2.48 bits per heavy atom. The summed E-state index contributed by atoms with van der Waals surface area (Å²) in [6.45, 7) is 4.82. The normalized spacial score (nSPS) is 10.9. The smallest absolute Gasteiger partial charge is 0.330 e. The van der Waals surface area contributed by atoms with Crippen molar-refractivity contribution in [3.63, 3.8) is 0 Å². The number of likely N-dealkylation sites (N-methyl/N-ethyl adjacent to an activating group) is 1. The Labute approximate surface area is 184 Å². The Hall–Kier alpha value is -3.33. The molecule has 0 aliphatic heterocycles. The van der Waals surface area contributed by atoms with Gasteiger partial charge in [-0.25, -0.2) is 4.79 Å². The zero-order valence-electron chi connectivity index (χ0n) is 17.8. The number of nitrogens with one attached hydrogen (secondary N) is 1. The van der Waals surface area contributed by atoms with Crippen LogP contribution in [-0.4, -0.2) is 45.5 Å². The number of benzene rings is 1. The Bertz CT molecular complexity index is 1120. The molecule has 0 saturated carbocycles. The molecule has 2 aromatic rings. The van der Waals surface area contributed by atoms with Crippen LogP contribution in [0, 0.1) is 0 Å². The number of carbonyl (C=O) groups is 2. The number of amides is 2. The van der Waals surface area contributed by atoms with Gasteiger partial charge in [0.05, 0.1) is 10.6 Å². The van der Waals surface area contributed by atoms with E-state index in [1.807, 2.05) is 13.8 Å². The quantitative estimate of drug-likeness (QED) is 0.618. The molecule has 0 aliphatic rings. The second-order valence-electron chi connectivity index (χ2n) is 6.66. The molecule has 0 unspecified atom stereocenters. The van der Waals surface area contributed by atoms with Crippen molar-refractivity contribution in [2.45, 2.75) is 13.8 Å². The molecule has 166 valence electrons. The van der Waals surface area contributed by atoms with Crippen LogP contribution < -0.4 is 21.3 Å². The third kappa shape index (κ3) is 6.08. The summed E-state index contributed by atoms with van der Waals surface area (Å²) in [5.74, 6) is -0.310. The molecular formula is C21H25ClN4O5. The van der Waals surface area contributed by atoms with Gasteiger partial charge in [-0.3, -0.25) is 19.0 Å². The van der Waals surface area contributed by atoms with Crippen molar-refractivity contribution in [2.75, 3.05) is 25.0 Å². The predicted molar refractivity (Wildman–Crippen MR) is 119 cm³/mol. The molecule has 1 heterocycles. The van der Waals surface area contributed by atoms with E-state index in [-0.39, 0.29) is 23.1 Å². The lowest BCUT2D eigenvalue weighted by Gasteiger charge is -2.19. The van der Waals surface area contributed by atoms with Crippen LogP contribution in [0.2, 0.25) is 5.02 Å². The number of anilines is 1. The second kappa shape index (κ2) is 10.6. The van der Waals surface area contributed by atoms with Crippen LogP contribution in [0.25, 0.3) is 6.08 Å². The van der Waals surface area contributed by atoms with E-state index in [4.69, 9.17) is 16.3 Å². The Morgan fingerprint density at radius 2 is 1.87 bits per heavy atom. The average Bonchev–Trinajstić information content (AvgIpc) is 2.74. The third-order valence-corrected chi connectivity index (χ3v) is 4.85. The summed E-state index contributed by atoms with van der Waals surface area (Å²) in [7, 11) is 2.88. The molecule has 2 rings (SSSR count). The molecular weight excluding hydrogens is 424 g/mol. The molecule has 0 saturated heterocycles. The van der Waals surface area contributed by atoms with Gasteiger partial charge in [0.25, 0.3) is 11.5 Å². The number of carbonyl (C=O) groups excluding carboxylic acids is 2. The summed E-state index contributed by atoms with van der Waals surface area (Å²) in [5.41, 5.74) is -0.354. The SMILES string of the molecule is CCN(CC)C(=O)COc1ccc(NC(=O)/C=C/c2cn(C)c(=O)n(C)c2=O)cc1Cl. The molecule has 1 aromatic carbocycles. The molecule has 0 radical (unpaired) electrons. The maximum absolute atomic E-state index is 12.2. The minimum absolute atomic E-state index is 0.135. The molecule has 31 heavy (non-hydrogen) atoms. The van der Waals surface area contributed by atoms with Crippen LogP contribution in [0.5, 0.6) is 5.75 Å². The van der Waals surface area contributed by atoms with E-state index in [1.54, 1.807) is 17.0 Å². The lowest BCUT2D eigenvalue weighted by molar-refractivity contribution is -0.133. The molecule has 0 fully saturated rings.